The first kappa shape index (κ1) is 16.9. The Bertz CT molecular complexity index is 478. The summed E-state index contributed by atoms with van der Waals surface area (Å²) < 4.78 is 28.2. The monoisotopic (exact) mass is 300 g/mol. The number of rotatable bonds is 7. The molecule has 7 heteroatoms. The molecule has 1 aromatic carbocycles. The van der Waals surface area contributed by atoms with Gasteiger partial charge >= 0.3 is 6.61 Å². The Morgan fingerprint density at radius 1 is 1.29 bits per heavy atom. The van der Waals surface area contributed by atoms with Gasteiger partial charge in [0, 0.05) is 32.6 Å². The summed E-state index contributed by atoms with van der Waals surface area (Å²) in [6.07, 6.45) is 0.633. The fraction of sp³-hybridized carbons (Fsp3) is 0.429. The van der Waals surface area contributed by atoms with E-state index in [0.29, 0.717) is 25.1 Å². The van der Waals surface area contributed by atoms with E-state index in [1.807, 2.05) is 0 Å². The molecule has 0 aliphatic carbocycles. The van der Waals surface area contributed by atoms with E-state index in [4.69, 9.17) is 0 Å². The van der Waals surface area contributed by atoms with Gasteiger partial charge < -0.3 is 15.0 Å². The molecule has 5 nitrogen and oxygen atoms in total. The summed E-state index contributed by atoms with van der Waals surface area (Å²) in [5, 5.41) is 2.64. The highest BCUT2D eigenvalue weighted by molar-refractivity contribution is 5.94. The molecular weight excluding hydrogens is 282 g/mol. The molecule has 0 spiro atoms. The van der Waals surface area contributed by atoms with E-state index in [9.17, 15) is 18.4 Å². The Morgan fingerprint density at radius 3 is 2.43 bits per heavy atom. The largest absolute Gasteiger partial charge is 0.435 e. The van der Waals surface area contributed by atoms with Crippen molar-refractivity contribution < 1.29 is 23.1 Å². The lowest BCUT2D eigenvalue weighted by atomic mass is 10.2. The highest BCUT2D eigenvalue weighted by atomic mass is 19.3. The molecule has 0 saturated carbocycles. The molecule has 1 N–H and O–H groups in total. The van der Waals surface area contributed by atoms with Crippen LogP contribution in [0.15, 0.2) is 24.3 Å². The van der Waals surface area contributed by atoms with Gasteiger partial charge in [0.15, 0.2) is 0 Å². The topological polar surface area (TPSA) is 58.6 Å². The second-order valence-corrected chi connectivity index (χ2v) is 4.47. The van der Waals surface area contributed by atoms with E-state index in [0.717, 1.165) is 0 Å². The summed E-state index contributed by atoms with van der Waals surface area (Å²) in [7, 11) is 1.64. The fourth-order valence-electron chi connectivity index (χ4n) is 1.68. The van der Waals surface area contributed by atoms with E-state index in [1.165, 1.54) is 36.1 Å². The van der Waals surface area contributed by atoms with Crippen molar-refractivity contribution >= 4 is 11.8 Å². The Morgan fingerprint density at radius 2 is 1.90 bits per heavy atom. The molecule has 0 atom stereocenters. The molecule has 0 radical (unpaired) electrons. The van der Waals surface area contributed by atoms with Gasteiger partial charge in [0.05, 0.1) is 0 Å². The summed E-state index contributed by atoms with van der Waals surface area (Å²) in [6, 6.07) is 5.52. The number of carbonyl (C=O) groups excluding carboxylic acids is 2. The van der Waals surface area contributed by atoms with Crippen molar-refractivity contribution in [3.8, 4) is 5.75 Å². The Balaban J connectivity index is 2.48. The molecule has 0 bridgehead atoms. The standard InChI is InChI=1S/C14H18F2N2O3/c1-10(19)17-8-3-9-18(2)13(20)11-4-6-12(7-5-11)21-14(15)16/h4-7,14H,3,8-9H2,1-2H3,(H,17,19). The normalized spacial score (nSPS) is 10.3. The van der Waals surface area contributed by atoms with Crippen LogP contribution in [-0.2, 0) is 4.79 Å². The minimum absolute atomic E-state index is 0.00913. The average Bonchev–Trinajstić information content (AvgIpc) is 2.42. The number of carbonyl (C=O) groups is 2. The van der Waals surface area contributed by atoms with E-state index in [-0.39, 0.29) is 17.6 Å². The molecule has 0 aliphatic heterocycles. The van der Waals surface area contributed by atoms with Crippen molar-refractivity contribution in [1.29, 1.82) is 0 Å². The number of hydrogen-bond acceptors (Lipinski definition) is 3. The second-order valence-electron chi connectivity index (χ2n) is 4.47. The predicted octanol–water partition coefficient (Wildman–Crippen LogP) is 1.89. The maximum atomic E-state index is 12.1. The fourth-order valence-corrected chi connectivity index (χ4v) is 1.68. The van der Waals surface area contributed by atoms with Crippen LogP contribution in [0, 0.1) is 0 Å². The van der Waals surface area contributed by atoms with Crippen LogP contribution >= 0.6 is 0 Å². The Labute approximate surface area is 121 Å². The Kier molecular flexibility index (Phi) is 6.58. The van der Waals surface area contributed by atoms with Gasteiger partial charge in [0.2, 0.25) is 5.91 Å². The zero-order valence-corrected chi connectivity index (χ0v) is 11.9. The molecule has 0 aliphatic rings. The van der Waals surface area contributed by atoms with Gasteiger partial charge in [0.1, 0.15) is 5.75 Å². The Hall–Kier alpha value is -2.18. The van der Waals surface area contributed by atoms with Crippen molar-refractivity contribution in [2.75, 3.05) is 20.1 Å². The molecule has 1 aromatic rings. The number of benzene rings is 1. The average molecular weight is 300 g/mol. The quantitative estimate of drug-likeness (QED) is 0.782. The molecule has 0 unspecified atom stereocenters. The van der Waals surface area contributed by atoms with Gasteiger partial charge in [-0.05, 0) is 30.7 Å². The lowest BCUT2D eigenvalue weighted by Gasteiger charge is -2.17. The molecule has 1 rings (SSSR count). The van der Waals surface area contributed by atoms with Crippen molar-refractivity contribution in [2.24, 2.45) is 0 Å². The van der Waals surface area contributed by atoms with Crippen LogP contribution in [0.25, 0.3) is 0 Å². The lowest BCUT2D eigenvalue weighted by molar-refractivity contribution is -0.118. The molecule has 0 saturated heterocycles. The van der Waals surface area contributed by atoms with Crippen molar-refractivity contribution in [3.05, 3.63) is 29.8 Å². The molecular formula is C14H18F2N2O3. The predicted molar refractivity (Wildman–Crippen MR) is 73.3 cm³/mol. The lowest BCUT2D eigenvalue weighted by Crippen LogP contribution is -2.30. The van der Waals surface area contributed by atoms with Crippen LogP contribution in [-0.4, -0.2) is 43.5 Å². The number of alkyl halides is 2. The number of hydrogen-bond donors (Lipinski definition) is 1. The van der Waals surface area contributed by atoms with Crippen molar-refractivity contribution in [3.63, 3.8) is 0 Å². The zero-order valence-electron chi connectivity index (χ0n) is 11.9. The van der Waals surface area contributed by atoms with Gasteiger partial charge in [-0.1, -0.05) is 0 Å². The smallest absolute Gasteiger partial charge is 0.387 e. The maximum absolute atomic E-state index is 12.1. The van der Waals surface area contributed by atoms with Crippen LogP contribution in [0.3, 0.4) is 0 Å². The highest BCUT2D eigenvalue weighted by Crippen LogP contribution is 2.15. The van der Waals surface area contributed by atoms with Crippen LogP contribution in [0.5, 0.6) is 5.75 Å². The molecule has 0 heterocycles. The molecule has 116 valence electrons. The first-order valence-corrected chi connectivity index (χ1v) is 6.45. The molecule has 2 amide bonds. The number of ether oxygens (including phenoxy) is 1. The summed E-state index contributed by atoms with van der Waals surface area (Å²) in [5.74, 6) is -0.324. The summed E-state index contributed by atoms with van der Waals surface area (Å²) in [5.41, 5.74) is 0.388. The van der Waals surface area contributed by atoms with Crippen LogP contribution in [0.2, 0.25) is 0 Å². The second kappa shape index (κ2) is 8.18. The van der Waals surface area contributed by atoms with Crippen LogP contribution in [0.4, 0.5) is 8.78 Å². The first-order chi connectivity index (χ1) is 9.90. The van der Waals surface area contributed by atoms with Gasteiger partial charge in [-0.3, -0.25) is 9.59 Å². The highest BCUT2D eigenvalue weighted by Gasteiger charge is 2.12. The maximum Gasteiger partial charge on any atom is 0.387 e. The molecule has 21 heavy (non-hydrogen) atoms. The van der Waals surface area contributed by atoms with E-state index >= 15 is 0 Å². The number of nitrogens with zero attached hydrogens (tertiary/aromatic N) is 1. The van der Waals surface area contributed by atoms with Gasteiger partial charge in [-0.2, -0.15) is 8.78 Å². The van der Waals surface area contributed by atoms with Gasteiger partial charge in [-0.25, -0.2) is 0 Å². The summed E-state index contributed by atoms with van der Waals surface area (Å²) >= 11 is 0. The third kappa shape index (κ3) is 6.20. The third-order valence-corrected chi connectivity index (χ3v) is 2.72. The minimum atomic E-state index is -2.89. The van der Waals surface area contributed by atoms with E-state index in [2.05, 4.69) is 10.1 Å². The summed E-state index contributed by atoms with van der Waals surface area (Å²) in [4.78, 5) is 24.3. The molecule has 0 fully saturated rings. The minimum Gasteiger partial charge on any atom is -0.435 e. The third-order valence-electron chi connectivity index (χ3n) is 2.72. The van der Waals surface area contributed by atoms with E-state index in [1.54, 1.807) is 7.05 Å². The summed E-state index contributed by atoms with van der Waals surface area (Å²) in [6.45, 7) is -0.483. The molecule has 0 aromatic heterocycles. The van der Waals surface area contributed by atoms with Gasteiger partial charge in [0.25, 0.3) is 5.91 Å². The van der Waals surface area contributed by atoms with Crippen molar-refractivity contribution in [1.82, 2.24) is 10.2 Å². The zero-order chi connectivity index (χ0) is 15.8. The number of amides is 2. The number of halogens is 2. The van der Waals surface area contributed by atoms with Crippen molar-refractivity contribution in [2.45, 2.75) is 20.0 Å². The SMILES string of the molecule is CC(=O)NCCCN(C)C(=O)c1ccc(OC(F)F)cc1. The first-order valence-electron chi connectivity index (χ1n) is 6.45. The van der Waals surface area contributed by atoms with E-state index < -0.39 is 6.61 Å². The number of nitrogens with one attached hydrogen (secondary N) is 1. The van der Waals surface area contributed by atoms with Crippen LogP contribution < -0.4 is 10.1 Å². The van der Waals surface area contributed by atoms with Crippen LogP contribution in [0.1, 0.15) is 23.7 Å². The van der Waals surface area contributed by atoms with Gasteiger partial charge in [-0.15, -0.1) is 0 Å².